The van der Waals surface area contributed by atoms with Crippen LogP contribution in [0.15, 0.2) is 29.1 Å². The monoisotopic (exact) mass is 301 g/mol. The number of rotatable bonds is 3. The highest BCUT2D eigenvalue weighted by Gasteiger charge is 2.17. The largest absolute Gasteiger partial charge is 0.337 e. The topological polar surface area (TPSA) is 41.0 Å². The third-order valence-corrected chi connectivity index (χ3v) is 4.34. The Labute approximate surface area is 128 Å². The van der Waals surface area contributed by atoms with Gasteiger partial charge in [-0.3, -0.25) is 4.79 Å². The Morgan fingerprint density at radius 2 is 2.00 bits per heavy atom. The van der Waals surface area contributed by atoms with Gasteiger partial charge in [-0.2, -0.15) is 4.39 Å². The van der Waals surface area contributed by atoms with E-state index in [4.69, 9.17) is 0 Å². The molecule has 2 aromatic heterocycles. The Morgan fingerprint density at radius 1 is 1.27 bits per heavy atom. The molecular formula is C17H20FN3O. The molecule has 0 saturated heterocycles. The van der Waals surface area contributed by atoms with Crippen molar-refractivity contribution < 1.29 is 4.39 Å². The maximum absolute atomic E-state index is 13.8. The first kappa shape index (κ1) is 14.8. The van der Waals surface area contributed by atoms with E-state index in [1.165, 1.54) is 12.1 Å². The number of likely N-dealkylation sites (N-methyl/N-ethyl adjacent to an activating group) is 1. The molecular weight excluding hydrogens is 281 g/mol. The number of aryl methyl sites for hydroxylation is 1. The van der Waals surface area contributed by atoms with E-state index in [0.29, 0.717) is 6.04 Å². The molecule has 1 N–H and O–H groups in total. The molecule has 0 radical (unpaired) electrons. The van der Waals surface area contributed by atoms with Gasteiger partial charge in [0.05, 0.1) is 11.0 Å². The number of nitrogens with zero attached hydrogens (tertiary/aromatic N) is 2. The Kier molecular flexibility index (Phi) is 3.53. The van der Waals surface area contributed by atoms with Gasteiger partial charge in [-0.15, -0.1) is 0 Å². The second kappa shape index (κ2) is 5.25. The average Bonchev–Trinajstić information content (AvgIpc) is 2.72. The predicted octanol–water partition coefficient (Wildman–Crippen LogP) is 2.88. The van der Waals surface area contributed by atoms with Gasteiger partial charge in [0.25, 0.3) is 0 Å². The van der Waals surface area contributed by atoms with Crippen LogP contribution in [0.2, 0.25) is 0 Å². The van der Waals surface area contributed by atoms with E-state index >= 15 is 0 Å². The van der Waals surface area contributed by atoms with Crippen LogP contribution in [0.4, 0.5) is 4.39 Å². The van der Waals surface area contributed by atoms with Gasteiger partial charge < -0.3 is 14.5 Å². The fourth-order valence-electron chi connectivity index (χ4n) is 2.92. The third-order valence-electron chi connectivity index (χ3n) is 4.34. The number of aromatic nitrogens is 2. The summed E-state index contributed by atoms with van der Waals surface area (Å²) < 4.78 is 15.9. The van der Waals surface area contributed by atoms with E-state index < -0.39 is 0 Å². The minimum atomic E-state index is -0.365. The summed E-state index contributed by atoms with van der Waals surface area (Å²) in [6.45, 7) is 4.72. The lowest BCUT2D eigenvalue weighted by atomic mass is 10.1. The van der Waals surface area contributed by atoms with Crippen molar-refractivity contribution in [3.63, 3.8) is 0 Å². The molecule has 0 spiro atoms. The van der Waals surface area contributed by atoms with Crippen LogP contribution in [0, 0.1) is 12.9 Å². The molecule has 0 aliphatic heterocycles. The Morgan fingerprint density at radius 3 is 2.68 bits per heavy atom. The highest BCUT2D eigenvalue weighted by molar-refractivity contribution is 6.08. The molecule has 3 rings (SSSR count). The van der Waals surface area contributed by atoms with E-state index in [2.05, 4.69) is 21.4 Å². The standard InChI is InChI=1S/C17H20FN3O/c1-10(20(3)4)9-21-15-7-12(22)5-6-13(15)14-8-16(18)19-11(2)17(14)21/h5-8,10,19H,9H2,1-4H3. The van der Waals surface area contributed by atoms with Crippen molar-refractivity contribution in [2.24, 2.45) is 0 Å². The van der Waals surface area contributed by atoms with Crippen LogP contribution in [0.5, 0.6) is 0 Å². The summed E-state index contributed by atoms with van der Waals surface area (Å²) in [5.41, 5.74) is 2.55. The number of hydrogen-bond donors (Lipinski definition) is 1. The van der Waals surface area contributed by atoms with Crippen molar-refractivity contribution in [2.45, 2.75) is 26.4 Å². The van der Waals surface area contributed by atoms with Gasteiger partial charge in [-0.05, 0) is 40.1 Å². The highest BCUT2D eigenvalue weighted by Crippen LogP contribution is 2.30. The zero-order chi connectivity index (χ0) is 16.0. The number of fused-ring (bicyclic) bond motifs is 3. The van der Waals surface area contributed by atoms with Crippen LogP contribution < -0.4 is 5.43 Å². The Balaban J connectivity index is 2.39. The molecule has 0 aliphatic rings. The molecule has 1 atom stereocenters. The van der Waals surface area contributed by atoms with Gasteiger partial charge in [0.15, 0.2) is 11.4 Å². The molecule has 0 amide bonds. The van der Waals surface area contributed by atoms with Crippen molar-refractivity contribution in [3.8, 4) is 0 Å². The molecule has 5 heteroatoms. The molecule has 0 fully saturated rings. The van der Waals surface area contributed by atoms with E-state index in [-0.39, 0.29) is 11.4 Å². The molecule has 0 bridgehead atoms. The van der Waals surface area contributed by atoms with E-state index in [0.717, 1.165) is 34.0 Å². The number of aromatic amines is 1. The number of hydrogen-bond acceptors (Lipinski definition) is 2. The quantitative estimate of drug-likeness (QED) is 0.756. The summed E-state index contributed by atoms with van der Waals surface area (Å²) in [6.07, 6.45) is 0. The molecule has 22 heavy (non-hydrogen) atoms. The van der Waals surface area contributed by atoms with Crippen molar-refractivity contribution in [2.75, 3.05) is 14.1 Å². The number of pyridine rings is 1. The van der Waals surface area contributed by atoms with Gasteiger partial charge in [-0.25, -0.2) is 0 Å². The average molecular weight is 301 g/mol. The van der Waals surface area contributed by atoms with Gasteiger partial charge >= 0.3 is 0 Å². The van der Waals surface area contributed by atoms with Crippen molar-refractivity contribution in [1.29, 1.82) is 0 Å². The summed E-state index contributed by atoms with van der Waals surface area (Å²) in [5, 5.41) is 1.76. The van der Waals surface area contributed by atoms with Gasteiger partial charge in [0.1, 0.15) is 0 Å². The summed E-state index contributed by atoms with van der Waals surface area (Å²) in [5.74, 6) is -0.365. The molecule has 116 valence electrons. The fourth-order valence-corrected chi connectivity index (χ4v) is 2.92. The molecule has 0 aliphatic carbocycles. The molecule has 0 saturated carbocycles. The van der Waals surface area contributed by atoms with Crippen molar-refractivity contribution >= 4 is 21.8 Å². The van der Waals surface area contributed by atoms with Crippen LogP contribution in [0.1, 0.15) is 12.6 Å². The number of halogens is 1. The summed E-state index contributed by atoms with van der Waals surface area (Å²) >= 11 is 0. The molecule has 4 nitrogen and oxygen atoms in total. The zero-order valence-electron chi connectivity index (χ0n) is 13.3. The van der Waals surface area contributed by atoms with Crippen molar-refractivity contribution in [3.05, 3.63) is 46.1 Å². The summed E-state index contributed by atoms with van der Waals surface area (Å²) in [6, 6.07) is 6.75. The van der Waals surface area contributed by atoms with Gasteiger partial charge in [0.2, 0.25) is 0 Å². The van der Waals surface area contributed by atoms with Crippen LogP contribution >= 0.6 is 0 Å². The normalized spacial score (nSPS) is 13.4. The van der Waals surface area contributed by atoms with Gasteiger partial charge in [0, 0.05) is 41.2 Å². The van der Waals surface area contributed by atoms with Crippen LogP contribution in [-0.2, 0) is 6.54 Å². The van der Waals surface area contributed by atoms with E-state index in [1.807, 2.05) is 21.0 Å². The lowest BCUT2D eigenvalue weighted by Gasteiger charge is -2.21. The number of H-pyrrole nitrogens is 1. The minimum absolute atomic E-state index is 0.0313. The SMILES string of the molecule is Cc1[nH]c(F)cc2c3ccc(=O)cc3n(CC(C)N(C)C)c12. The van der Waals surface area contributed by atoms with E-state index in [9.17, 15) is 9.18 Å². The third kappa shape index (κ3) is 2.31. The zero-order valence-corrected chi connectivity index (χ0v) is 13.3. The minimum Gasteiger partial charge on any atom is -0.337 e. The van der Waals surface area contributed by atoms with Crippen LogP contribution in [0.3, 0.4) is 0 Å². The van der Waals surface area contributed by atoms with E-state index in [1.54, 1.807) is 12.1 Å². The first-order chi connectivity index (χ1) is 10.4. The first-order valence-electron chi connectivity index (χ1n) is 7.36. The maximum Gasteiger partial charge on any atom is 0.191 e. The molecule has 1 unspecified atom stereocenters. The number of nitrogens with one attached hydrogen (secondary N) is 1. The maximum atomic E-state index is 13.8. The fraction of sp³-hybridized carbons (Fsp3) is 0.353. The lowest BCUT2D eigenvalue weighted by molar-refractivity contribution is 0.288. The first-order valence-corrected chi connectivity index (χ1v) is 7.36. The number of benzene rings is 1. The molecule has 1 aromatic carbocycles. The highest BCUT2D eigenvalue weighted by atomic mass is 19.1. The Hall–Kier alpha value is -2.14. The van der Waals surface area contributed by atoms with Gasteiger partial charge in [-0.1, -0.05) is 0 Å². The molecule has 3 aromatic rings. The van der Waals surface area contributed by atoms with Crippen LogP contribution in [-0.4, -0.2) is 34.6 Å². The predicted molar refractivity (Wildman–Crippen MR) is 87.9 cm³/mol. The lowest BCUT2D eigenvalue weighted by Crippen LogP contribution is -2.29. The second-order valence-corrected chi connectivity index (χ2v) is 6.11. The molecule has 2 heterocycles. The Bertz CT molecular complexity index is 908. The second-order valence-electron chi connectivity index (χ2n) is 6.11. The van der Waals surface area contributed by atoms with Crippen molar-refractivity contribution in [1.82, 2.24) is 14.5 Å². The smallest absolute Gasteiger partial charge is 0.191 e. The summed E-state index contributed by atoms with van der Waals surface area (Å²) in [4.78, 5) is 16.7. The van der Waals surface area contributed by atoms with Crippen LogP contribution in [0.25, 0.3) is 21.8 Å². The summed E-state index contributed by atoms with van der Waals surface area (Å²) in [7, 11) is 4.05.